The molecule has 4 rings (SSSR count). The van der Waals surface area contributed by atoms with Crippen molar-refractivity contribution >= 4 is 11.8 Å². The molecule has 1 aromatic heterocycles. The van der Waals surface area contributed by atoms with Crippen molar-refractivity contribution in [3.05, 3.63) is 69.4 Å². The van der Waals surface area contributed by atoms with Gasteiger partial charge in [0.05, 0.1) is 6.10 Å². The van der Waals surface area contributed by atoms with E-state index in [1.807, 2.05) is 0 Å². The molecule has 2 fully saturated rings. The van der Waals surface area contributed by atoms with Gasteiger partial charge in [-0.3, -0.25) is 14.4 Å². The first-order chi connectivity index (χ1) is 16.4. The van der Waals surface area contributed by atoms with Gasteiger partial charge in [0.2, 0.25) is 5.43 Å². The molecule has 0 spiro atoms. The van der Waals surface area contributed by atoms with Crippen LogP contribution in [-0.2, 0) is 17.7 Å². The Bertz CT molecular complexity index is 1090. The van der Waals surface area contributed by atoms with Crippen LogP contribution < -0.4 is 10.7 Å². The number of ether oxygens (including phenoxy) is 1. The third-order valence-corrected chi connectivity index (χ3v) is 6.65. The quantitative estimate of drug-likeness (QED) is 0.676. The second-order valence-corrected chi connectivity index (χ2v) is 9.36. The highest BCUT2D eigenvalue weighted by Gasteiger charge is 2.27. The SMILES string of the molecule is CC1CCN(C(=O)c2cn(C[C@@H]3CCCO3)cc(C(=O)NCCc3cccc(F)c3)c2=O)CC1. The van der Waals surface area contributed by atoms with Crippen LogP contribution in [0, 0.1) is 11.7 Å². The number of likely N-dealkylation sites (tertiary alicyclic amines) is 1. The van der Waals surface area contributed by atoms with Gasteiger partial charge >= 0.3 is 0 Å². The van der Waals surface area contributed by atoms with Crippen molar-refractivity contribution in [2.75, 3.05) is 26.2 Å². The van der Waals surface area contributed by atoms with E-state index >= 15 is 0 Å². The molecule has 0 saturated carbocycles. The summed E-state index contributed by atoms with van der Waals surface area (Å²) in [6.45, 7) is 4.78. The highest BCUT2D eigenvalue weighted by molar-refractivity contribution is 5.99. The van der Waals surface area contributed by atoms with Crippen LogP contribution in [0.25, 0.3) is 0 Å². The Kier molecular flexibility index (Phi) is 7.77. The molecule has 2 aliphatic heterocycles. The molecule has 3 heterocycles. The fourth-order valence-corrected chi connectivity index (χ4v) is 4.56. The van der Waals surface area contributed by atoms with Crippen LogP contribution in [0.3, 0.4) is 0 Å². The van der Waals surface area contributed by atoms with Gasteiger partial charge in [-0.05, 0) is 55.7 Å². The predicted octanol–water partition coefficient (Wildman–Crippen LogP) is 3.01. The zero-order chi connectivity index (χ0) is 24.1. The lowest BCUT2D eigenvalue weighted by Gasteiger charge is -2.30. The number of carbonyl (C=O) groups is 2. The summed E-state index contributed by atoms with van der Waals surface area (Å²) in [7, 11) is 0. The van der Waals surface area contributed by atoms with Crippen LogP contribution in [0.5, 0.6) is 0 Å². The van der Waals surface area contributed by atoms with E-state index in [2.05, 4.69) is 12.2 Å². The van der Waals surface area contributed by atoms with E-state index in [4.69, 9.17) is 4.74 Å². The molecular weight excluding hydrogens is 437 g/mol. The van der Waals surface area contributed by atoms with Crippen molar-refractivity contribution in [1.29, 1.82) is 0 Å². The maximum absolute atomic E-state index is 13.4. The van der Waals surface area contributed by atoms with Gasteiger partial charge in [0.25, 0.3) is 11.8 Å². The number of rotatable bonds is 7. The van der Waals surface area contributed by atoms with Gasteiger partial charge in [-0.15, -0.1) is 0 Å². The van der Waals surface area contributed by atoms with Crippen molar-refractivity contribution in [3.63, 3.8) is 0 Å². The van der Waals surface area contributed by atoms with Crippen LogP contribution in [0.15, 0.2) is 41.5 Å². The van der Waals surface area contributed by atoms with Gasteiger partial charge in [0.15, 0.2) is 0 Å². The van der Waals surface area contributed by atoms with E-state index in [1.54, 1.807) is 27.8 Å². The number of pyridine rings is 1. The number of benzene rings is 1. The standard InChI is InChI=1S/C26H32FN3O4/c1-18-8-11-30(12-9-18)26(33)23-17-29(15-21-6-3-13-34-21)16-22(24(23)31)25(32)28-10-7-19-4-2-5-20(27)14-19/h2,4-5,14,16-18,21H,3,6-13,15H2,1H3,(H,28,32)/t21-/m0/s1. The summed E-state index contributed by atoms with van der Waals surface area (Å²) in [6.07, 6.45) is 7.16. The molecule has 7 nitrogen and oxygen atoms in total. The van der Waals surface area contributed by atoms with Gasteiger partial charge in [-0.25, -0.2) is 4.39 Å². The number of nitrogens with zero attached hydrogens (tertiary/aromatic N) is 2. The first-order valence-corrected chi connectivity index (χ1v) is 12.1. The second kappa shape index (κ2) is 11.0. The number of halogens is 1. The van der Waals surface area contributed by atoms with Gasteiger partial charge in [-0.1, -0.05) is 19.1 Å². The highest BCUT2D eigenvalue weighted by Crippen LogP contribution is 2.18. The van der Waals surface area contributed by atoms with Crippen LogP contribution in [-0.4, -0.2) is 53.6 Å². The Labute approximate surface area is 198 Å². The third-order valence-electron chi connectivity index (χ3n) is 6.65. The lowest BCUT2D eigenvalue weighted by molar-refractivity contribution is 0.0693. The molecule has 1 N–H and O–H groups in total. The first kappa shape index (κ1) is 24.1. The molecule has 2 aliphatic rings. The first-order valence-electron chi connectivity index (χ1n) is 12.1. The number of nitrogens with one attached hydrogen (secondary N) is 1. The molecule has 2 saturated heterocycles. The number of carbonyl (C=O) groups excluding carboxylic acids is 2. The van der Waals surface area contributed by atoms with Crippen LogP contribution in [0.2, 0.25) is 0 Å². The van der Waals surface area contributed by atoms with Crippen molar-refractivity contribution in [2.45, 2.75) is 51.7 Å². The minimum Gasteiger partial charge on any atom is -0.376 e. The van der Waals surface area contributed by atoms with E-state index < -0.39 is 11.3 Å². The largest absolute Gasteiger partial charge is 0.376 e. The molecule has 0 radical (unpaired) electrons. The Hall–Kier alpha value is -3.00. The lowest BCUT2D eigenvalue weighted by atomic mass is 9.98. The summed E-state index contributed by atoms with van der Waals surface area (Å²) in [5.41, 5.74) is 0.147. The predicted molar refractivity (Wildman–Crippen MR) is 126 cm³/mol. The van der Waals surface area contributed by atoms with E-state index in [0.717, 1.165) is 31.2 Å². The maximum atomic E-state index is 13.4. The number of hydrogen-bond donors (Lipinski definition) is 1. The third kappa shape index (κ3) is 5.91. The molecule has 182 valence electrons. The molecule has 34 heavy (non-hydrogen) atoms. The molecular formula is C26H32FN3O4. The summed E-state index contributed by atoms with van der Waals surface area (Å²) < 4.78 is 20.8. The zero-order valence-electron chi connectivity index (χ0n) is 19.6. The van der Waals surface area contributed by atoms with Crippen molar-refractivity contribution in [1.82, 2.24) is 14.8 Å². The van der Waals surface area contributed by atoms with E-state index in [1.165, 1.54) is 18.3 Å². The second-order valence-electron chi connectivity index (χ2n) is 9.36. The van der Waals surface area contributed by atoms with E-state index in [-0.39, 0.29) is 35.5 Å². The molecule has 0 bridgehead atoms. The van der Waals surface area contributed by atoms with Crippen LogP contribution >= 0.6 is 0 Å². The number of amides is 2. The Balaban J connectivity index is 1.54. The summed E-state index contributed by atoms with van der Waals surface area (Å²) in [5.74, 6) is -0.647. The number of aromatic nitrogens is 1. The minimum absolute atomic E-state index is 0.00909. The molecule has 0 aliphatic carbocycles. The van der Waals surface area contributed by atoms with Crippen molar-refractivity contribution < 1.29 is 18.7 Å². The zero-order valence-corrected chi connectivity index (χ0v) is 19.6. The smallest absolute Gasteiger partial charge is 0.259 e. The van der Waals surface area contributed by atoms with E-state index in [9.17, 15) is 18.8 Å². The van der Waals surface area contributed by atoms with Crippen LogP contribution in [0.4, 0.5) is 4.39 Å². The fraction of sp³-hybridized carbons (Fsp3) is 0.500. The van der Waals surface area contributed by atoms with E-state index in [0.29, 0.717) is 38.6 Å². The van der Waals surface area contributed by atoms with Gasteiger partial charge in [-0.2, -0.15) is 0 Å². The lowest BCUT2D eigenvalue weighted by Crippen LogP contribution is -2.41. The molecule has 1 atom stereocenters. The van der Waals surface area contributed by atoms with Gasteiger partial charge in [0, 0.05) is 45.2 Å². The minimum atomic E-state index is -0.560. The summed E-state index contributed by atoms with van der Waals surface area (Å²) >= 11 is 0. The molecule has 0 unspecified atom stereocenters. The highest BCUT2D eigenvalue weighted by atomic mass is 19.1. The van der Waals surface area contributed by atoms with Crippen molar-refractivity contribution in [3.8, 4) is 0 Å². The maximum Gasteiger partial charge on any atom is 0.259 e. The molecule has 8 heteroatoms. The fourth-order valence-electron chi connectivity index (χ4n) is 4.56. The summed E-state index contributed by atoms with van der Waals surface area (Å²) in [6, 6.07) is 6.18. The Morgan fingerprint density at radius 2 is 1.91 bits per heavy atom. The molecule has 2 aromatic rings. The van der Waals surface area contributed by atoms with Crippen LogP contribution in [0.1, 0.15) is 58.9 Å². The summed E-state index contributed by atoms with van der Waals surface area (Å²) in [4.78, 5) is 41.1. The normalized spacial score (nSPS) is 18.8. The van der Waals surface area contributed by atoms with Gasteiger partial charge in [0.1, 0.15) is 16.9 Å². The topological polar surface area (TPSA) is 80.6 Å². The summed E-state index contributed by atoms with van der Waals surface area (Å²) in [5, 5.41) is 2.75. The molecule has 2 amide bonds. The molecule has 1 aromatic carbocycles. The van der Waals surface area contributed by atoms with Crippen molar-refractivity contribution in [2.24, 2.45) is 5.92 Å². The number of hydrogen-bond acceptors (Lipinski definition) is 4. The van der Waals surface area contributed by atoms with Gasteiger partial charge < -0.3 is 19.5 Å². The number of piperidine rings is 1. The average Bonchev–Trinajstić information content (AvgIpc) is 3.33. The average molecular weight is 470 g/mol. The Morgan fingerprint density at radius 3 is 2.62 bits per heavy atom. The Morgan fingerprint density at radius 1 is 1.15 bits per heavy atom. The monoisotopic (exact) mass is 469 g/mol.